The van der Waals surface area contributed by atoms with Gasteiger partial charge in [-0.2, -0.15) is 8.42 Å². The van der Waals surface area contributed by atoms with Gasteiger partial charge in [-0.1, -0.05) is 0 Å². The second-order valence-corrected chi connectivity index (χ2v) is 4.08. The minimum Gasteiger partial charge on any atom is -0.383 e. The van der Waals surface area contributed by atoms with E-state index >= 15 is 0 Å². The largest absolute Gasteiger partial charge is 0.383 e. The SMILES string of the molecule is COCCn1ccnc1CS(=O)(=O)F. The van der Waals surface area contributed by atoms with E-state index in [1.54, 1.807) is 10.8 Å². The average molecular weight is 222 g/mol. The number of methoxy groups -OCH3 is 1. The number of ether oxygens (including phenoxy) is 1. The second-order valence-electron chi connectivity index (χ2n) is 2.71. The Morgan fingerprint density at radius 2 is 2.36 bits per heavy atom. The van der Waals surface area contributed by atoms with E-state index in [0.717, 1.165) is 0 Å². The van der Waals surface area contributed by atoms with Crippen LogP contribution in [-0.2, 0) is 27.3 Å². The molecule has 0 amide bonds. The molecule has 0 saturated carbocycles. The maximum Gasteiger partial charge on any atom is 0.309 e. The highest BCUT2D eigenvalue weighted by atomic mass is 32.3. The summed E-state index contributed by atoms with van der Waals surface area (Å²) in [6.45, 7) is 0.886. The number of rotatable bonds is 5. The van der Waals surface area contributed by atoms with Crippen molar-refractivity contribution in [2.24, 2.45) is 0 Å². The molecule has 0 aliphatic rings. The number of hydrogen-bond donors (Lipinski definition) is 0. The first-order valence-electron chi connectivity index (χ1n) is 3.94. The first kappa shape index (κ1) is 11.1. The molecule has 0 saturated heterocycles. The lowest BCUT2D eigenvalue weighted by Gasteiger charge is -2.04. The molecule has 1 heterocycles. The molecule has 0 unspecified atom stereocenters. The maximum absolute atomic E-state index is 12.3. The molecule has 0 N–H and O–H groups in total. The van der Waals surface area contributed by atoms with E-state index in [9.17, 15) is 12.3 Å². The zero-order valence-electron chi connectivity index (χ0n) is 7.68. The lowest BCUT2D eigenvalue weighted by Crippen LogP contribution is -2.10. The topological polar surface area (TPSA) is 61.2 Å². The van der Waals surface area contributed by atoms with E-state index in [4.69, 9.17) is 4.74 Å². The minimum absolute atomic E-state index is 0.185. The van der Waals surface area contributed by atoms with Crippen LogP contribution in [0, 0.1) is 0 Å². The summed E-state index contributed by atoms with van der Waals surface area (Å²) >= 11 is 0. The summed E-state index contributed by atoms with van der Waals surface area (Å²) < 4.78 is 39.4. The lowest BCUT2D eigenvalue weighted by molar-refractivity contribution is 0.186. The van der Waals surface area contributed by atoms with Gasteiger partial charge < -0.3 is 9.30 Å². The summed E-state index contributed by atoms with van der Waals surface area (Å²) in [5.41, 5.74) is 0. The number of aromatic nitrogens is 2. The fourth-order valence-corrected chi connectivity index (χ4v) is 1.58. The van der Waals surface area contributed by atoms with Crippen molar-refractivity contribution >= 4 is 10.2 Å². The smallest absolute Gasteiger partial charge is 0.309 e. The van der Waals surface area contributed by atoms with Crippen LogP contribution in [0.25, 0.3) is 0 Å². The third-order valence-electron chi connectivity index (χ3n) is 1.64. The summed E-state index contributed by atoms with van der Waals surface area (Å²) in [6, 6.07) is 0. The van der Waals surface area contributed by atoms with Crippen molar-refractivity contribution in [3.05, 3.63) is 18.2 Å². The Hall–Kier alpha value is -0.950. The highest BCUT2D eigenvalue weighted by Crippen LogP contribution is 2.05. The van der Waals surface area contributed by atoms with Crippen molar-refractivity contribution < 1.29 is 17.0 Å². The highest BCUT2D eigenvalue weighted by Gasteiger charge is 2.13. The molecular formula is C7H11FN2O3S. The Balaban J connectivity index is 2.72. The number of nitrogens with zero attached hydrogens (tertiary/aromatic N) is 2. The molecule has 1 aromatic heterocycles. The van der Waals surface area contributed by atoms with Crippen molar-refractivity contribution in [3.8, 4) is 0 Å². The van der Waals surface area contributed by atoms with Crippen LogP contribution in [-0.4, -0.2) is 31.7 Å². The fourth-order valence-electron chi connectivity index (χ4n) is 1.03. The van der Waals surface area contributed by atoms with E-state index < -0.39 is 16.0 Å². The van der Waals surface area contributed by atoms with E-state index in [2.05, 4.69) is 4.98 Å². The van der Waals surface area contributed by atoms with Gasteiger partial charge in [-0.25, -0.2) is 4.98 Å². The first-order valence-corrected chi connectivity index (χ1v) is 5.49. The van der Waals surface area contributed by atoms with Gasteiger partial charge in [0, 0.05) is 26.0 Å². The molecule has 0 fully saturated rings. The van der Waals surface area contributed by atoms with E-state index in [0.29, 0.717) is 13.2 Å². The second kappa shape index (κ2) is 4.52. The zero-order valence-corrected chi connectivity index (χ0v) is 8.50. The van der Waals surface area contributed by atoms with Crippen molar-refractivity contribution in [2.75, 3.05) is 13.7 Å². The molecule has 14 heavy (non-hydrogen) atoms. The van der Waals surface area contributed by atoms with Gasteiger partial charge in [-0.05, 0) is 0 Å². The molecule has 0 atom stereocenters. The van der Waals surface area contributed by atoms with Gasteiger partial charge in [0.1, 0.15) is 11.6 Å². The Bertz CT molecular complexity index is 387. The normalized spacial score (nSPS) is 11.9. The molecule has 1 rings (SSSR count). The molecule has 0 bridgehead atoms. The van der Waals surface area contributed by atoms with Gasteiger partial charge in [0.05, 0.1) is 6.61 Å². The lowest BCUT2D eigenvalue weighted by atomic mass is 10.6. The molecule has 0 aliphatic heterocycles. The Labute approximate surface area is 81.7 Å². The molecule has 1 aromatic rings. The van der Waals surface area contributed by atoms with E-state index in [1.807, 2.05) is 0 Å². The summed E-state index contributed by atoms with van der Waals surface area (Å²) in [5.74, 6) is -0.506. The van der Waals surface area contributed by atoms with Crippen molar-refractivity contribution in [3.63, 3.8) is 0 Å². The van der Waals surface area contributed by atoms with Crippen LogP contribution in [0.4, 0.5) is 3.89 Å². The predicted octanol–water partition coefficient (Wildman–Crippen LogP) is 0.329. The van der Waals surface area contributed by atoms with Crippen LogP contribution in [0.15, 0.2) is 12.4 Å². The van der Waals surface area contributed by atoms with Crippen molar-refractivity contribution in [2.45, 2.75) is 12.3 Å². The van der Waals surface area contributed by atoms with Crippen molar-refractivity contribution in [1.82, 2.24) is 9.55 Å². The van der Waals surface area contributed by atoms with E-state index in [1.165, 1.54) is 13.3 Å². The predicted molar refractivity (Wildman–Crippen MR) is 47.8 cm³/mol. The third-order valence-corrected chi connectivity index (χ3v) is 2.24. The van der Waals surface area contributed by atoms with Gasteiger partial charge in [0.15, 0.2) is 0 Å². The molecule has 80 valence electrons. The molecule has 5 nitrogen and oxygen atoms in total. The van der Waals surface area contributed by atoms with Gasteiger partial charge in [-0.3, -0.25) is 0 Å². The molecular weight excluding hydrogens is 211 g/mol. The zero-order chi connectivity index (χ0) is 10.6. The highest BCUT2D eigenvalue weighted by molar-refractivity contribution is 7.85. The maximum atomic E-state index is 12.3. The van der Waals surface area contributed by atoms with Gasteiger partial charge in [0.2, 0.25) is 0 Å². The first-order chi connectivity index (χ1) is 6.53. The van der Waals surface area contributed by atoms with Gasteiger partial charge in [-0.15, -0.1) is 3.89 Å². The molecule has 0 spiro atoms. The van der Waals surface area contributed by atoms with Crippen LogP contribution in [0.3, 0.4) is 0 Å². The molecule has 7 heteroatoms. The van der Waals surface area contributed by atoms with Crippen LogP contribution in [0.1, 0.15) is 5.82 Å². The fraction of sp³-hybridized carbons (Fsp3) is 0.571. The quantitative estimate of drug-likeness (QED) is 0.673. The third kappa shape index (κ3) is 3.43. The molecule has 0 radical (unpaired) electrons. The monoisotopic (exact) mass is 222 g/mol. The van der Waals surface area contributed by atoms with Crippen LogP contribution in [0.2, 0.25) is 0 Å². The Kier molecular flexibility index (Phi) is 3.59. The Morgan fingerprint density at radius 1 is 1.64 bits per heavy atom. The van der Waals surface area contributed by atoms with E-state index in [-0.39, 0.29) is 5.82 Å². The molecule has 0 aliphatic carbocycles. The summed E-state index contributed by atoms with van der Waals surface area (Å²) in [6.07, 6.45) is 3.01. The average Bonchev–Trinajstić information content (AvgIpc) is 2.45. The standard InChI is InChI=1S/C7H11FN2O3S/c1-13-5-4-10-3-2-9-7(10)6-14(8,11)12/h2-3H,4-6H2,1H3. The van der Waals surface area contributed by atoms with Crippen LogP contribution in [0.5, 0.6) is 0 Å². The number of halogens is 1. The van der Waals surface area contributed by atoms with Crippen molar-refractivity contribution in [1.29, 1.82) is 0 Å². The summed E-state index contributed by atoms with van der Waals surface area (Å²) in [4.78, 5) is 3.74. The van der Waals surface area contributed by atoms with Gasteiger partial charge >= 0.3 is 10.2 Å². The van der Waals surface area contributed by atoms with Gasteiger partial charge in [0.25, 0.3) is 0 Å². The minimum atomic E-state index is -4.52. The van der Waals surface area contributed by atoms with Crippen LogP contribution < -0.4 is 0 Å². The van der Waals surface area contributed by atoms with Crippen LogP contribution >= 0.6 is 0 Å². The summed E-state index contributed by atoms with van der Waals surface area (Å²) in [7, 11) is -2.99. The number of hydrogen-bond acceptors (Lipinski definition) is 4. The molecule has 0 aromatic carbocycles. The number of imidazole rings is 1. The summed E-state index contributed by atoms with van der Waals surface area (Å²) in [5, 5.41) is 0. The Morgan fingerprint density at radius 3 is 2.93 bits per heavy atom.